The first-order valence-electron chi connectivity index (χ1n) is 5.49. The fraction of sp³-hybridized carbons (Fsp3) is 0.250. The maximum absolute atomic E-state index is 8.74. The normalized spacial score (nSPS) is 10.8. The Bertz CT molecular complexity index is 489. The van der Waals surface area contributed by atoms with E-state index in [1.54, 1.807) is 17.8 Å². The minimum atomic E-state index is -0.344. The molecule has 1 aromatic rings. The second-order valence-corrected chi connectivity index (χ2v) is 4.58. The first-order chi connectivity index (χ1) is 8.69. The first-order valence-corrected chi connectivity index (χ1v) is 6.47. The summed E-state index contributed by atoms with van der Waals surface area (Å²) in [5, 5.41) is 19.7. The average molecular weight is 261 g/mol. The van der Waals surface area contributed by atoms with Gasteiger partial charge in [-0.3, -0.25) is 10.8 Å². The summed E-state index contributed by atoms with van der Waals surface area (Å²) in [7, 11) is 0. The van der Waals surface area contributed by atoms with E-state index < -0.39 is 0 Å². The van der Waals surface area contributed by atoms with Crippen LogP contribution < -0.4 is 11.2 Å². The number of nitrogens with one attached hydrogen (secondary N) is 2. The van der Waals surface area contributed by atoms with Gasteiger partial charge in [-0.2, -0.15) is 10.4 Å². The summed E-state index contributed by atoms with van der Waals surface area (Å²) >= 11 is 1.72. The second-order valence-electron chi connectivity index (χ2n) is 3.44. The van der Waals surface area contributed by atoms with Crippen LogP contribution in [-0.4, -0.2) is 17.3 Å². The molecule has 6 heteroatoms. The smallest absolute Gasteiger partial charge is 0.201 e. The van der Waals surface area contributed by atoms with Crippen LogP contribution in [0.25, 0.3) is 0 Å². The van der Waals surface area contributed by atoms with Crippen molar-refractivity contribution < 1.29 is 0 Å². The maximum atomic E-state index is 8.74. The number of benzene rings is 1. The van der Waals surface area contributed by atoms with Crippen molar-refractivity contribution in [2.24, 2.45) is 10.8 Å². The van der Waals surface area contributed by atoms with E-state index in [4.69, 9.17) is 16.4 Å². The lowest BCUT2D eigenvalue weighted by Gasteiger charge is -2.07. The molecule has 0 aliphatic carbocycles. The van der Waals surface area contributed by atoms with Crippen molar-refractivity contribution in [3.63, 3.8) is 0 Å². The van der Waals surface area contributed by atoms with Crippen LogP contribution in [0.15, 0.2) is 34.3 Å². The summed E-state index contributed by atoms with van der Waals surface area (Å²) in [6.07, 6.45) is 1.08. The Morgan fingerprint density at radius 1 is 1.56 bits per heavy atom. The van der Waals surface area contributed by atoms with Gasteiger partial charge < -0.3 is 5.73 Å². The molecule has 94 valence electrons. The number of hydrazone groups is 1. The minimum absolute atomic E-state index is 0.120. The van der Waals surface area contributed by atoms with E-state index in [1.807, 2.05) is 24.3 Å². The van der Waals surface area contributed by atoms with Crippen LogP contribution in [0.4, 0.5) is 5.69 Å². The van der Waals surface area contributed by atoms with Crippen molar-refractivity contribution in [1.29, 1.82) is 10.7 Å². The van der Waals surface area contributed by atoms with Crippen molar-refractivity contribution >= 4 is 29.0 Å². The molecule has 0 atom stereocenters. The van der Waals surface area contributed by atoms with Crippen molar-refractivity contribution in [2.45, 2.75) is 18.2 Å². The number of nitrogens with zero attached hydrogens (tertiary/aromatic N) is 2. The third kappa shape index (κ3) is 4.11. The SMILES string of the molecule is CCCSc1ccccc1N/N=C(\C#N)C(=N)N. The van der Waals surface area contributed by atoms with Crippen LogP contribution in [0.5, 0.6) is 0 Å². The molecule has 5 nitrogen and oxygen atoms in total. The molecule has 0 saturated heterocycles. The van der Waals surface area contributed by atoms with Gasteiger partial charge in [-0.05, 0) is 24.3 Å². The Hall–Kier alpha value is -2.00. The van der Waals surface area contributed by atoms with Crippen LogP contribution in [0, 0.1) is 16.7 Å². The molecule has 0 aliphatic heterocycles. The molecular weight excluding hydrogens is 246 g/mol. The second kappa shape index (κ2) is 7.35. The molecular formula is C12H15N5S. The van der Waals surface area contributed by atoms with Gasteiger partial charge in [0, 0.05) is 4.90 Å². The number of rotatable bonds is 6. The quantitative estimate of drug-likeness (QED) is 0.317. The van der Waals surface area contributed by atoms with Crippen molar-refractivity contribution in [1.82, 2.24) is 0 Å². The Kier molecular flexibility index (Phi) is 5.74. The maximum Gasteiger partial charge on any atom is 0.201 e. The molecule has 18 heavy (non-hydrogen) atoms. The molecule has 1 aromatic carbocycles. The molecule has 0 heterocycles. The Balaban J connectivity index is 2.84. The molecule has 0 saturated carbocycles. The van der Waals surface area contributed by atoms with Crippen LogP contribution in [-0.2, 0) is 0 Å². The molecule has 0 unspecified atom stereocenters. The van der Waals surface area contributed by atoms with Crippen LogP contribution >= 0.6 is 11.8 Å². The van der Waals surface area contributed by atoms with Gasteiger partial charge in [0.15, 0.2) is 5.84 Å². The molecule has 0 aliphatic rings. The number of hydrogen-bond donors (Lipinski definition) is 3. The fourth-order valence-corrected chi connectivity index (χ4v) is 2.03. The van der Waals surface area contributed by atoms with Crippen LogP contribution in [0.2, 0.25) is 0 Å². The molecule has 0 bridgehead atoms. The molecule has 0 aromatic heterocycles. The van der Waals surface area contributed by atoms with Crippen molar-refractivity contribution in [2.75, 3.05) is 11.2 Å². The Morgan fingerprint density at radius 2 is 2.28 bits per heavy atom. The summed E-state index contributed by atoms with van der Waals surface area (Å²) in [6.45, 7) is 2.12. The largest absolute Gasteiger partial charge is 0.382 e. The third-order valence-electron chi connectivity index (χ3n) is 2.00. The topological polar surface area (TPSA) is 98.0 Å². The summed E-state index contributed by atoms with van der Waals surface area (Å²) in [5.74, 6) is 0.670. The molecule has 0 amide bonds. The monoisotopic (exact) mass is 261 g/mol. The predicted molar refractivity (Wildman–Crippen MR) is 76.0 cm³/mol. The molecule has 0 radical (unpaired) electrons. The van der Waals surface area contributed by atoms with E-state index in [0.717, 1.165) is 22.8 Å². The minimum Gasteiger partial charge on any atom is -0.382 e. The number of nitrogens with two attached hydrogens (primary N) is 1. The first kappa shape index (κ1) is 14.1. The number of amidine groups is 1. The van der Waals surface area contributed by atoms with Crippen molar-refractivity contribution in [3.8, 4) is 6.07 Å². The van der Waals surface area contributed by atoms with E-state index in [0.29, 0.717) is 0 Å². The van der Waals surface area contributed by atoms with Crippen molar-refractivity contribution in [3.05, 3.63) is 24.3 Å². The highest BCUT2D eigenvalue weighted by molar-refractivity contribution is 7.99. The van der Waals surface area contributed by atoms with E-state index in [1.165, 1.54) is 0 Å². The summed E-state index contributed by atoms with van der Waals surface area (Å²) in [4.78, 5) is 1.06. The summed E-state index contributed by atoms with van der Waals surface area (Å²) < 4.78 is 0. The zero-order valence-electron chi connectivity index (χ0n) is 10.1. The van der Waals surface area contributed by atoms with Gasteiger partial charge in [0.1, 0.15) is 6.07 Å². The van der Waals surface area contributed by atoms with Gasteiger partial charge in [0.2, 0.25) is 5.71 Å². The van der Waals surface area contributed by atoms with E-state index in [-0.39, 0.29) is 11.5 Å². The van der Waals surface area contributed by atoms with Gasteiger partial charge in [-0.25, -0.2) is 0 Å². The van der Waals surface area contributed by atoms with Crippen LogP contribution in [0.1, 0.15) is 13.3 Å². The lowest BCUT2D eigenvalue weighted by atomic mass is 10.3. The Labute approximate surface area is 111 Å². The highest BCUT2D eigenvalue weighted by Crippen LogP contribution is 2.27. The predicted octanol–water partition coefficient (Wildman–Crippen LogP) is 2.42. The number of thioether (sulfide) groups is 1. The van der Waals surface area contributed by atoms with E-state index >= 15 is 0 Å². The molecule has 1 rings (SSSR count). The molecule has 0 spiro atoms. The fourth-order valence-electron chi connectivity index (χ4n) is 1.16. The van der Waals surface area contributed by atoms with E-state index in [2.05, 4.69) is 17.5 Å². The zero-order valence-corrected chi connectivity index (χ0v) is 10.9. The highest BCUT2D eigenvalue weighted by Gasteiger charge is 2.03. The number of para-hydroxylation sites is 1. The zero-order chi connectivity index (χ0) is 13.4. The van der Waals surface area contributed by atoms with Gasteiger partial charge in [0.05, 0.1) is 5.69 Å². The highest BCUT2D eigenvalue weighted by atomic mass is 32.2. The average Bonchev–Trinajstić information content (AvgIpc) is 2.38. The lowest BCUT2D eigenvalue weighted by molar-refractivity contribution is 1.10. The number of anilines is 1. The molecule has 0 fully saturated rings. The summed E-state index contributed by atoms with van der Waals surface area (Å²) in [5.41, 5.74) is 8.68. The van der Waals surface area contributed by atoms with Gasteiger partial charge in [-0.15, -0.1) is 11.8 Å². The third-order valence-corrected chi connectivity index (χ3v) is 3.28. The molecule has 4 N–H and O–H groups in total. The van der Waals surface area contributed by atoms with Crippen LogP contribution in [0.3, 0.4) is 0 Å². The lowest BCUT2D eigenvalue weighted by Crippen LogP contribution is -2.21. The Morgan fingerprint density at radius 3 is 2.89 bits per heavy atom. The standard InChI is InChI=1S/C12H15N5S/c1-2-7-18-11-6-4-3-5-9(11)16-17-10(8-13)12(14)15/h3-6,16H,2,7H2,1H3,(H3,14,15)/b17-10+. The summed E-state index contributed by atoms with van der Waals surface area (Å²) in [6, 6.07) is 9.45. The van der Waals surface area contributed by atoms with E-state index in [9.17, 15) is 0 Å². The van der Waals surface area contributed by atoms with Gasteiger partial charge in [0.25, 0.3) is 0 Å². The number of hydrogen-bond acceptors (Lipinski definition) is 5. The van der Waals surface area contributed by atoms with Gasteiger partial charge >= 0.3 is 0 Å². The van der Waals surface area contributed by atoms with Gasteiger partial charge in [-0.1, -0.05) is 19.1 Å². The number of nitriles is 1.